The van der Waals surface area contributed by atoms with Gasteiger partial charge in [0.1, 0.15) is 28.9 Å². The van der Waals surface area contributed by atoms with E-state index in [2.05, 4.69) is 4.98 Å². The lowest BCUT2D eigenvalue weighted by Gasteiger charge is -2.23. The number of thiazole rings is 1. The molecule has 44 heavy (non-hydrogen) atoms. The van der Waals surface area contributed by atoms with E-state index in [4.69, 9.17) is 14.2 Å². The minimum Gasteiger partial charge on any atom is -0.496 e. The van der Waals surface area contributed by atoms with Crippen molar-refractivity contribution in [3.05, 3.63) is 74.7 Å². The zero-order valence-corrected chi connectivity index (χ0v) is 27.2. The van der Waals surface area contributed by atoms with Crippen LogP contribution in [0.15, 0.2) is 42.5 Å². The molecule has 3 rings (SSSR count). The Kier molecular flexibility index (Phi) is 13.1. The lowest BCUT2D eigenvalue weighted by atomic mass is 10.1. The van der Waals surface area contributed by atoms with Gasteiger partial charge in [0.05, 0.1) is 34.0 Å². The highest BCUT2D eigenvalue weighted by Crippen LogP contribution is 2.30. The van der Waals surface area contributed by atoms with Gasteiger partial charge in [-0.25, -0.2) is 14.1 Å². The molecule has 3 aromatic rings. The number of hydrogen-bond donors (Lipinski definition) is 1. The smallest absolute Gasteiger partial charge is 0.303 e. The minimum absolute atomic E-state index is 0.0255. The molecule has 0 fully saturated rings. The van der Waals surface area contributed by atoms with Crippen molar-refractivity contribution in [2.45, 2.75) is 33.2 Å². The number of methoxy groups -OCH3 is 2. The van der Waals surface area contributed by atoms with Crippen molar-refractivity contribution in [2.75, 3.05) is 54.2 Å². The Morgan fingerprint density at radius 3 is 2.30 bits per heavy atom. The summed E-state index contributed by atoms with van der Waals surface area (Å²) in [6, 6.07) is 13.3. The van der Waals surface area contributed by atoms with Crippen LogP contribution in [0.25, 0.3) is 0 Å². The van der Waals surface area contributed by atoms with Gasteiger partial charge in [0.15, 0.2) is 0 Å². The number of aryl methyl sites for hydroxylation is 2. The number of carbonyl (C=O) groups is 2. The van der Waals surface area contributed by atoms with Crippen LogP contribution in [0.5, 0.6) is 11.5 Å². The molecule has 0 atom stereocenters. The summed E-state index contributed by atoms with van der Waals surface area (Å²) in [5.41, 5.74) is 2.23. The molecule has 0 bridgehead atoms. The zero-order chi connectivity index (χ0) is 32.3. The third-order valence-corrected chi connectivity index (χ3v) is 9.21. The first-order chi connectivity index (χ1) is 21.0. The highest BCUT2D eigenvalue weighted by molar-refractivity contribution is 7.87. The number of rotatable bonds is 17. The molecule has 2 aromatic carbocycles. The number of nitrogens with zero attached hydrogens (tertiary/aromatic N) is 3. The maximum absolute atomic E-state index is 13.9. The average Bonchev–Trinajstić information content (AvgIpc) is 3.38. The van der Waals surface area contributed by atoms with Crippen molar-refractivity contribution in [2.24, 2.45) is 0 Å². The summed E-state index contributed by atoms with van der Waals surface area (Å²) in [6.07, 6.45) is 1.42. The van der Waals surface area contributed by atoms with Crippen molar-refractivity contribution < 1.29 is 36.6 Å². The Balaban J connectivity index is 1.81. The second-order valence-corrected chi connectivity index (χ2v) is 13.0. The van der Waals surface area contributed by atoms with Crippen LogP contribution in [0, 0.1) is 13.8 Å². The highest BCUT2D eigenvalue weighted by atomic mass is 32.2. The molecule has 0 radical (unpaired) electrons. The number of aromatic nitrogens is 1. The number of nitrogens with one attached hydrogen (secondary N) is 1. The number of likely N-dealkylation sites (N-methyl/N-ethyl adjacent to an activating group) is 1. The molecule has 0 aliphatic carbocycles. The van der Waals surface area contributed by atoms with E-state index in [1.54, 1.807) is 24.0 Å². The van der Waals surface area contributed by atoms with Gasteiger partial charge in [-0.2, -0.15) is 12.7 Å². The van der Waals surface area contributed by atoms with Gasteiger partial charge in [-0.15, -0.1) is 11.3 Å². The number of benzene rings is 2. The summed E-state index contributed by atoms with van der Waals surface area (Å²) < 4.78 is 56.4. The summed E-state index contributed by atoms with van der Waals surface area (Å²) in [5.74, 6) is -0.133. The lowest BCUT2D eigenvalue weighted by molar-refractivity contribution is 0.0740. The van der Waals surface area contributed by atoms with Gasteiger partial charge in [-0.05, 0) is 44.4 Å². The van der Waals surface area contributed by atoms with Crippen molar-refractivity contribution in [3.63, 3.8) is 0 Å². The molecule has 11 nitrogen and oxygen atoms in total. The zero-order valence-electron chi connectivity index (χ0n) is 25.6. The molecule has 1 heterocycles. The summed E-state index contributed by atoms with van der Waals surface area (Å²) in [5, 5.41) is 0.470. The van der Waals surface area contributed by atoms with Crippen molar-refractivity contribution in [1.29, 1.82) is 0 Å². The molecule has 0 saturated heterocycles. The van der Waals surface area contributed by atoms with Crippen LogP contribution in [0.1, 0.15) is 48.3 Å². The molecule has 1 N–H and O–H groups in total. The maximum atomic E-state index is 13.9. The number of amides is 2. The van der Waals surface area contributed by atoms with Crippen molar-refractivity contribution >= 4 is 33.4 Å². The molecule has 0 spiro atoms. The van der Waals surface area contributed by atoms with E-state index < -0.39 is 22.8 Å². The van der Waals surface area contributed by atoms with Gasteiger partial charge in [-0.1, -0.05) is 30.3 Å². The van der Waals surface area contributed by atoms with Gasteiger partial charge in [0.25, 0.3) is 11.8 Å². The van der Waals surface area contributed by atoms with E-state index in [0.717, 1.165) is 21.9 Å². The molecular weight excluding hydrogens is 611 g/mol. The largest absolute Gasteiger partial charge is 0.496 e. The van der Waals surface area contributed by atoms with Gasteiger partial charge in [-0.3, -0.25) is 9.59 Å². The van der Waals surface area contributed by atoms with E-state index in [1.165, 1.54) is 32.6 Å². The first kappa shape index (κ1) is 34.9. The van der Waals surface area contributed by atoms with Crippen molar-refractivity contribution in [3.8, 4) is 11.5 Å². The van der Waals surface area contributed by atoms with Gasteiger partial charge < -0.3 is 19.1 Å². The highest BCUT2D eigenvalue weighted by Gasteiger charge is 2.26. The van der Waals surface area contributed by atoms with Crippen molar-refractivity contribution in [1.82, 2.24) is 18.9 Å². The molecule has 0 saturated carbocycles. The van der Waals surface area contributed by atoms with E-state index in [0.29, 0.717) is 39.9 Å². The molecule has 2 amide bonds. The minimum atomic E-state index is -4.19. The molecule has 0 unspecified atom stereocenters. The molecule has 14 heteroatoms. The molecular formula is C30H39FN4O7S2. The predicted molar refractivity (Wildman–Crippen MR) is 166 cm³/mol. The van der Waals surface area contributed by atoms with Crippen LogP contribution in [0.3, 0.4) is 0 Å². The molecule has 1 aromatic heterocycles. The lowest BCUT2D eigenvalue weighted by Crippen LogP contribution is -2.43. The van der Waals surface area contributed by atoms with Crippen LogP contribution in [-0.2, 0) is 27.9 Å². The number of ether oxygens (including phenoxy) is 3. The maximum Gasteiger partial charge on any atom is 0.303 e. The summed E-state index contributed by atoms with van der Waals surface area (Å²) in [6.45, 7) is 3.09. The summed E-state index contributed by atoms with van der Waals surface area (Å²) in [4.78, 5) is 33.4. The fourth-order valence-corrected chi connectivity index (χ4v) is 6.12. The van der Waals surface area contributed by atoms with Crippen LogP contribution in [0.4, 0.5) is 4.39 Å². The monoisotopic (exact) mass is 650 g/mol. The van der Waals surface area contributed by atoms with E-state index in [1.807, 2.05) is 42.0 Å². The second-order valence-electron chi connectivity index (χ2n) is 9.89. The number of carbonyl (C=O) groups excluding carboxylic acids is 2. The Hall–Kier alpha value is -3.59. The van der Waals surface area contributed by atoms with E-state index in [-0.39, 0.29) is 37.9 Å². The Morgan fingerprint density at radius 1 is 1.02 bits per heavy atom. The SMILES string of the molecule is COc1cc(C(=O)N(CCCc2ccccc2)Cc2nc(C(=O)NS(=O)(=O)N(C)CCOCCF)c(C)s2)cc(OC)c1C. The van der Waals surface area contributed by atoms with Crippen LogP contribution in [-0.4, -0.2) is 88.7 Å². The molecule has 0 aliphatic heterocycles. The third-order valence-electron chi connectivity index (χ3n) is 6.81. The van der Waals surface area contributed by atoms with Crippen LogP contribution >= 0.6 is 11.3 Å². The molecule has 0 aliphatic rings. The predicted octanol–water partition coefficient (Wildman–Crippen LogP) is 3.94. The van der Waals surface area contributed by atoms with E-state index in [9.17, 15) is 22.4 Å². The first-order valence-electron chi connectivity index (χ1n) is 13.9. The number of alkyl halides is 1. The summed E-state index contributed by atoms with van der Waals surface area (Å²) in [7, 11) is 0.136. The Morgan fingerprint density at radius 2 is 1.68 bits per heavy atom. The molecule has 240 valence electrons. The fraction of sp³-hybridized carbons (Fsp3) is 0.433. The van der Waals surface area contributed by atoms with Crippen LogP contribution < -0.4 is 14.2 Å². The quantitative estimate of drug-likeness (QED) is 0.218. The van der Waals surface area contributed by atoms with Gasteiger partial charge >= 0.3 is 10.2 Å². The topological polar surface area (TPSA) is 127 Å². The van der Waals surface area contributed by atoms with Crippen LogP contribution in [0.2, 0.25) is 0 Å². The van der Waals surface area contributed by atoms with E-state index >= 15 is 0 Å². The van der Waals surface area contributed by atoms with Gasteiger partial charge in [0.2, 0.25) is 0 Å². The third kappa shape index (κ3) is 9.45. The average molecular weight is 651 g/mol. The number of hydrogen-bond acceptors (Lipinski definition) is 9. The first-order valence-corrected chi connectivity index (χ1v) is 16.2. The number of halogens is 1. The summed E-state index contributed by atoms with van der Waals surface area (Å²) >= 11 is 1.21. The Bertz CT molecular complexity index is 1490. The fourth-order valence-electron chi connectivity index (χ4n) is 4.37. The normalized spacial score (nSPS) is 11.4. The Labute approximate surface area is 262 Å². The second kappa shape index (κ2) is 16.5. The standard InChI is InChI=1S/C30H39FN4O7S2/c1-21-25(40-4)18-24(19-26(21)41-5)30(37)35(14-9-12-23-10-7-6-8-11-23)20-27-32-28(22(2)43-27)29(36)33-44(38,39)34(3)15-17-42-16-13-31/h6-8,10-11,18-19H,9,12-17,20H2,1-5H3,(H,33,36). The van der Waals surface area contributed by atoms with Gasteiger partial charge in [0, 0.05) is 36.1 Å².